The molecule has 0 radical (unpaired) electrons. The van der Waals surface area contributed by atoms with Crippen molar-refractivity contribution in [2.24, 2.45) is 11.7 Å². The van der Waals surface area contributed by atoms with E-state index in [9.17, 15) is 9.18 Å². The van der Waals surface area contributed by atoms with E-state index >= 15 is 0 Å². The van der Waals surface area contributed by atoms with E-state index in [1.807, 2.05) is 135 Å². The first kappa shape index (κ1) is 88.6. The number of benzene rings is 7. The van der Waals surface area contributed by atoms with E-state index in [4.69, 9.17) is 58.8 Å². The number of amides is 1. The average molecular weight is 1630 g/mol. The van der Waals surface area contributed by atoms with Crippen LogP contribution in [0.4, 0.5) is 38.5 Å². The monoisotopic (exact) mass is 1630 g/mol. The Morgan fingerprint density at radius 3 is 1.57 bits per heavy atom. The Bertz CT molecular complexity index is 5420. The molecular weight excluding hydrogens is 1520 g/mol. The van der Waals surface area contributed by atoms with E-state index in [0.29, 0.717) is 61.5 Å². The number of carbonyl (C=O) groups is 1. The predicted octanol–water partition coefficient (Wildman–Crippen LogP) is 18.2. The highest BCUT2D eigenvalue weighted by atomic mass is 19.1. The van der Waals surface area contributed by atoms with Crippen LogP contribution in [0.3, 0.4) is 0 Å². The molecule has 7 aromatic carbocycles. The van der Waals surface area contributed by atoms with Crippen LogP contribution >= 0.6 is 0 Å². The van der Waals surface area contributed by atoms with Crippen LogP contribution in [-0.4, -0.2) is 183 Å². The van der Waals surface area contributed by atoms with Gasteiger partial charge < -0.3 is 63.4 Å². The number of methoxy groups -OCH3 is 4. The molecule has 1 unspecified atom stereocenters. The molecular formula is C93H115FN18O8. The van der Waals surface area contributed by atoms with Gasteiger partial charge in [-0.2, -0.15) is 15.3 Å². The minimum atomic E-state index is -0.366. The predicted molar refractivity (Wildman–Crippen MR) is 475 cm³/mol. The summed E-state index contributed by atoms with van der Waals surface area (Å²) < 4.78 is 59.3. The summed E-state index contributed by atoms with van der Waals surface area (Å²) in [5.41, 5.74) is 22.5. The number of nitrogens with two attached hydrogens (primary N) is 1. The highest BCUT2D eigenvalue weighted by Gasteiger charge is 2.25. The molecule has 27 heteroatoms. The molecule has 3 aliphatic heterocycles. The Morgan fingerprint density at radius 2 is 1.06 bits per heavy atom. The molecule has 3 saturated heterocycles. The molecule has 3 fully saturated rings. The maximum atomic E-state index is 14.3. The summed E-state index contributed by atoms with van der Waals surface area (Å²) in [6.45, 7) is 15.5. The molecule has 13 aromatic rings. The van der Waals surface area contributed by atoms with Gasteiger partial charge in [-0.05, 0) is 145 Å². The molecule has 0 saturated carbocycles. The van der Waals surface area contributed by atoms with Crippen LogP contribution in [0, 0.1) is 11.7 Å². The van der Waals surface area contributed by atoms with Gasteiger partial charge in [-0.1, -0.05) is 52.6 Å². The van der Waals surface area contributed by atoms with Crippen LogP contribution in [-0.2, 0) is 27.4 Å². The standard InChI is InChI=1S/C35H40N6O3.C29H34N6O3.C26H29FN6O2.3CH4/c1-39(23-26-7-5-4-6-8-26)13-14-41(30-17-31(42-2)20-32(18-30)43-3)29-9-10-33-34(19-29)38-35(22-36-33)28-21-37-40(25-28)24-27-11-15-44-16-12-27;1-20(2)35-19-21(17-31-35)28-18-30-26-9-8-22(15-27(26)32-28)34(12-6-11-33-10-5-7-29(33)36)23-13-24(37-3)16-25(14-23)38-4;1-2-34-22-12-19(27)11-21(13-22)32(9-8-28)20-6-7-23-24(14-20)31-25(16-29-23)18-15-30-33(17-18)26-5-3-4-10-35-26;;;/h4-10,17-22,25,27H,11-16,23-24H2,1-3H3;8-9,13-20H,5-7,10-12H2,1-4H3;6-7,11-17,26H,2-5,8-10,28H2,1H3;3*1H4. The maximum absolute atomic E-state index is 14.3. The summed E-state index contributed by atoms with van der Waals surface area (Å²) in [5, 5.41) is 13.6. The van der Waals surface area contributed by atoms with Crippen LogP contribution in [0.5, 0.6) is 28.7 Å². The zero-order valence-corrected chi connectivity index (χ0v) is 67.9. The fraction of sp³-hybridized carbons (Fsp3) is 0.376. The molecule has 26 nitrogen and oxygen atoms in total. The second-order valence-electron chi connectivity index (χ2n) is 29.6. The molecule has 16 rings (SSSR count). The molecule has 1 amide bonds. The Morgan fingerprint density at radius 1 is 0.533 bits per heavy atom. The minimum Gasteiger partial charge on any atom is -0.497 e. The van der Waals surface area contributed by atoms with Crippen molar-refractivity contribution in [1.29, 1.82) is 0 Å². The van der Waals surface area contributed by atoms with Gasteiger partial charge in [-0.15, -0.1) is 0 Å². The SMILES string of the molecule is C.C.C.CCOc1cc(F)cc(N(CCN)c2ccc3ncc(-c4cnn(C5CCCCO5)c4)nc3c2)c1.COc1cc(OC)cc(N(CCCN2CCCC2=O)c2ccc3ncc(-c4cnn(C(C)C)c4)nc3c2)c1.COc1cc(OC)cc(N(CCN(C)Cc2ccccc2)c2ccc3ncc(-c4cnn(CC5CCOCC5)c4)nc3c2)c1. The van der Waals surface area contributed by atoms with Crippen LogP contribution in [0.2, 0.25) is 0 Å². The Balaban J connectivity index is 0.000000175. The second kappa shape index (κ2) is 42.5. The number of fused-ring (bicyclic) bond motifs is 3. The zero-order chi connectivity index (χ0) is 81.2. The third kappa shape index (κ3) is 22.4. The van der Waals surface area contributed by atoms with Gasteiger partial charge in [-0.3, -0.25) is 29.1 Å². The van der Waals surface area contributed by atoms with Crippen LogP contribution in [0.15, 0.2) is 195 Å². The number of carbonyl (C=O) groups excluding carboxylic acids is 1. The topological polar surface area (TPSA) is 255 Å². The largest absolute Gasteiger partial charge is 0.497 e. The summed E-state index contributed by atoms with van der Waals surface area (Å²) in [6.07, 6.45) is 24.6. The van der Waals surface area contributed by atoms with Crippen molar-refractivity contribution in [2.75, 3.05) is 122 Å². The highest BCUT2D eigenvalue weighted by molar-refractivity contribution is 5.86. The summed E-state index contributed by atoms with van der Waals surface area (Å²) in [7, 11) is 8.80. The second-order valence-corrected chi connectivity index (χ2v) is 29.6. The summed E-state index contributed by atoms with van der Waals surface area (Å²) in [5.74, 6) is 3.85. The minimum absolute atomic E-state index is 0. The first-order chi connectivity index (χ1) is 57.2. The van der Waals surface area contributed by atoms with Crippen molar-refractivity contribution in [3.05, 3.63) is 207 Å². The molecule has 1 atom stereocenters. The summed E-state index contributed by atoms with van der Waals surface area (Å²) in [4.78, 5) is 51.7. The first-order valence-corrected chi connectivity index (χ1v) is 40.2. The van der Waals surface area contributed by atoms with Crippen molar-refractivity contribution < 1.29 is 42.3 Å². The van der Waals surface area contributed by atoms with E-state index in [-0.39, 0.29) is 46.3 Å². The van der Waals surface area contributed by atoms with Crippen LogP contribution in [0.1, 0.15) is 112 Å². The van der Waals surface area contributed by atoms with Gasteiger partial charge in [0, 0.05) is 209 Å². The molecule has 3 aliphatic rings. The van der Waals surface area contributed by atoms with Crippen molar-refractivity contribution in [2.45, 2.75) is 120 Å². The van der Waals surface area contributed by atoms with E-state index in [2.05, 4.69) is 122 Å². The molecule has 632 valence electrons. The van der Waals surface area contributed by atoms with Crippen molar-refractivity contribution in [3.63, 3.8) is 0 Å². The molecule has 0 aliphatic carbocycles. The molecule has 6 aromatic heterocycles. The third-order valence-electron chi connectivity index (χ3n) is 21.1. The number of likely N-dealkylation sites (tertiary alicyclic amines) is 1. The average Bonchev–Trinajstić information content (AvgIpc) is 0.817. The van der Waals surface area contributed by atoms with Gasteiger partial charge in [-0.25, -0.2) is 24.0 Å². The maximum Gasteiger partial charge on any atom is 0.222 e. The smallest absolute Gasteiger partial charge is 0.222 e. The van der Waals surface area contributed by atoms with E-state index in [1.54, 1.807) is 47.0 Å². The van der Waals surface area contributed by atoms with Crippen molar-refractivity contribution in [3.8, 4) is 62.5 Å². The number of likely N-dealkylation sites (N-methyl/N-ethyl adjacent to an activating group) is 1. The lowest BCUT2D eigenvalue weighted by atomic mass is 10.0. The number of halogens is 1. The lowest BCUT2D eigenvalue weighted by molar-refractivity contribution is -0.127. The van der Waals surface area contributed by atoms with Gasteiger partial charge in [0.25, 0.3) is 0 Å². The number of aromatic nitrogens is 12. The van der Waals surface area contributed by atoms with Crippen molar-refractivity contribution in [1.82, 2.24) is 69.0 Å². The van der Waals surface area contributed by atoms with E-state index in [1.165, 1.54) is 17.7 Å². The number of hydrogen-bond acceptors (Lipinski definition) is 22. The van der Waals surface area contributed by atoms with E-state index < -0.39 is 0 Å². The van der Waals surface area contributed by atoms with Crippen LogP contribution < -0.4 is 44.1 Å². The van der Waals surface area contributed by atoms with Crippen LogP contribution in [0.25, 0.3) is 66.9 Å². The molecule has 120 heavy (non-hydrogen) atoms. The normalized spacial score (nSPS) is 14.0. The number of nitrogens with zero attached hydrogens (tertiary/aromatic N) is 17. The first-order valence-electron chi connectivity index (χ1n) is 40.2. The number of anilines is 6. The van der Waals surface area contributed by atoms with Gasteiger partial charge in [0.15, 0.2) is 0 Å². The summed E-state index contributed by atoms with van der Waals surface area (Å²) >= 11 is 0. The zero-order valence-electron chi connectivity index (χ0n) is 67.9. The fourth-order valence-electron chi connectivity index (χ4n) is 14.8. The van der Waals surface area contributed by atoms with Gasteiger partial charge >= 0.3 is 0 Å². The van der Waals surface area contributed by atoms with Gasteiger partial charge in [0.05, 0.1) is 122 Å². The number of hydrogen-bond donors (Lipinski definition) is 1. The van der Waals surface area contributed by atoms with Gasteiger partial charge in [0.1, 0.15) is 40.8 Å². The van der Waals surface area contributed by atoms with E-state index in [0.717, 1.165) is 211 Å². The molecule has 9 heterocycles. The molecule has 0 spiro atoms. The highest BCUT2D eigenvalue weighted by Crippen LogP contribution is 2.39. The van der Waals surface area contributed by atoms with Crippen molar-refractivity contribution >= 4 is 73.1 Å². The molecule has 2 N–H and O–H groups in total. The quantitative estimate of drug-likeness (QED) is 0.0439. The van der Waals surface area contributed by atoms with Gasteiger partial charge in [0.2, 0.25) is 5.91 Å². The Hall–Kier alpha value is -12.2. The lowest BCUT2D eigenvalue weighted by Crippen LogP contribution is -2.30. The molecule has 0 bridgehead atoms. The Labute approximate surface area is 704 Å². The summed E-state index contributed by atoms with van der Waals surface area (Å²) in [6, 6.07) is 45.5. The number of ether oxygens (including phenoxy) is 7. The fourth-order valence-corrected chi connectivity index (χ4v) is 14.8. The number of rotatable bonds is 30. The third-order valence-corrected chi connectivity index (χ3v) is 21.1. The lowest BCUT2D eigenvalue weighted by Gasteiger charge is -2.28. The Kier molecular flexibility index (Phi) is 31.4.